The summed E-state index contributed by atoms with van der Waals surface area (Å²) in [6.45, 7) is 6.95. The molecule has 110 valence electrons. The molecule has 2 fully saturated rings. The highest BCUT2D eigenvalue weighted by atomic mass is 35.5. The first kappa shape index (κ1) is 14.0. The van der Waals surface area contributed by atoms with Gasteiger partial charge in [-0.05, 0) is 42.1 Å². The fourth-order valence-electron chi connectivity index (χ4n) is 4.50. The first-order chi connectivity index (χ1) is 9.24. The van der Waals surface area contributed by atoms with Gasteiger partial charge in [-0.2, -0.15) is 0 Å². The molecule has 0 heterocycles. The Balaban J connectivity index is 1.93. The number of hydrogen-bond donors (Lipinski definition) is 2. The fraction of sp³-hybridized carbons (Fsp3) is 0.625. The molecule has 3 N–H and O–H groups in total. The number of nitrogens with two attached hydrogens (primary N) is 1. The molecule has 0 aliphatic heterocycles. The van der Waals surface area contributed by atoms with Crippen LogP contribution >= 0.6 is 11.6 Å². The van der Waals surface area contributed by atoms with Crippen LogP contribution in [0.2, 0.25) is 5.02 Å². The molecule has 0 amide bonds. The minimum atomic E-state index is -0.422. The monoisotopic (exact) mass is 296 g/mol. The molecule has 2 aliphatic rings. The van der Waals surface area contributed by atoms with Crippen LogP contribution in [-0.2, 0) is 0 Å². The van der Waals surface area contributed by atoms with E-state index in [-0.39, 0.29) is 15.9 Å². The lowest BCUT2D eigenvalue weighted by Gasteiger charge is -2.43. The van der Waals surface area contributed by atoms with Crippen LogP contribution in [-0.4, -0.2) is 6.04 Å². The van der Waals surface area contributed by atoms with Crippen LogP contribution in [0.1, 0.15) is 40.0 Å². The second kappa shape index (κ2) is 4.27. The molecule has 20 heavy (non-hydrogen) atoms. The molecule has 1 aromatic rings. The van der Waals surface area contributed by atoms with Gasteiger partial charge in [0.2, 0.25) is 0 Å². The number of rotatable bonds is 2. The van der Waals surface area contributed by atoms with Gasteiger partial charge in [0.25, 0.3) is 0 Å². The topological polar surface area (TPSA) is 38.0 Å². The van der Waals surface area contributed by atoms with E-state index < -0.39 is 5.82 Å². The number of nitrogen functional groups attached to an aromatic ring is 1. The molecule has 0 spiro atoms. The number of hydrogen-bond acceptors (Lipinski definition) is 2. The van der Waals surface area contributed by atoms with Crippen LogP contribution in [0, 0.1) is 22.6 Å². The van der Waals surface area contributed by atoms with Crippen molar-refractivity contribution >= 4 is 23.0 Å². The molecular weight excluding hydrogens is 275 g/mol. The summed E-state index contributed by atoms with van der Waals surface area (Å²) in [6.07, 6.45) is 3.77. The zero-order valence-corrected chi connectivity index (χ0v) is 13.0. The first-order valence-electron chi connectivity index (χ1n) is 7.25. The summed E-state index contributed by atoms with van der Waals surface area (Å²) < 4.78 is 13.7. The molecule has 3 atom stereocenters. The number of halogens is 2. The molecule has 3 unspecified atom stereocenters. The molecule has 0 aromatic heterocycles. The molecule has 2 aliphatic carbocycles. The van der Waals surface area contributed by atoms with Gasteiger partial charge in [0.15, 0.2) is 0 Å². The van der Waals surface area contributed by atoms with Crippen molar-refractivity contribution < 1.29 is 4.39 Å². The third kappa shape index (κ3) is 1.90. The Kier molecular flexibility index (Phi) is 2.99. The zero-order chi connectivity index (χ0) is 14.7. The molecule has 2 saturated carbocycles. The van der Waals surface area contributed by atoms with E-state index in [1.807, 2.05) is 0 Å². The predicted octanol–water partition coefficient (Wildman–Crippen LogP) is 4.69. The lowest BCUT2D eigenvalue weighted by atomic mass is 9.68. The van der Waals surface area contributed by atoms with Gasteiger partial charge in [-0.15, -0.1) is 0 Å². The van der Waals surface area contributed by atoms with Crippen LogP contribution < -0.4 is 11.1 Å². The normalized spacial score (nSPS) is 34.5. The Hall–Kier alpha value is -0.960. The predicted molar refractivity (Wildman–Crippen MR) is 82.5 cm³/mol. The molecular formula is C16H22ClFN2. The maximum Gasteiger partial charge on any atom is 0.143 e. The van der Waals surface area contributed by atoms with Crippen LogP contribution in [0.5, 0.6) is 0 Å². The van der Waals surface area contributed by atoms with E-state index in [4.69, 9.17) is 17.3 Å². The quantitative estimate of drug-likeness (QED) is 0.777. The summed E-state index contributed by atoms with van der Waals surface area (Å²) in [7, 11) is 0. The summed E-state index contributed by atoms with van der Waals surface area (Å²) in [5, 5.41) is 3.59. The van der Waals surface area contributed by atoms with E-state index in [0.29, 0.717) is 17.4 Å². The van der Waals surface area contributed by atoms with E-state index >= 15 is 0 Å². The summed E-state index contributed by atoms with van der Waals surface area (Å²) in [6, 6.07) is 3.22. The number of benzene rings is 1. The molecule has 0 radical (unpaired) electrons. The van der Waals surface area contributed by atoms with Crippen molar-refractivity contribution in [1.29, 1.82) is 0 Å². The Morgan fingerprint density at radius 2 is 2.05 bits per heavy atom. The molecule has 1 aromatic carbocycles. The first-order valence-corrected chi connectivity index (χ1v) is 7.63. The van der Waals surface area contributed by atoms with Gasteiger partial charge in [-0.1, -0.05) is 32.4 Å². The van der Waals surface area contributed by atoms with Crippen molar-refractivity contribution in [1.82, 2.24) is 0 Å². The number of fused-ring (bicyclic) bond motifs is 2. The third-order valence-corrected chi connectivity index (χ3v) is 5.95. The fourth-order valence-corrected chi connectivity index (χ4v) is 4.68. The van der Waals surface area contributed by atoms with E-state index in [1.165, 1.54) is 31.4 Å². The van der Waals surface area contributed by atoms with Crippen molar-refractivity contribution in [3.05, 3.63) is 23.0 Å². The van der Waals surface area contributed by atoms with E-state index in [2.05, 4.69) is 26.1 Å². The lowest BCUT2D eigenvalue weighted by Crippen LogP contribution is -2.45. The second-order valence-electron chi connectivity index (χ2n) is 7.35. The van der Waals surface area contributed by atoms with Crippen LogP contribution in [0.25, 0.3) is 0 Å². The van der Waals surface area contributed by atoms with Crippen LogP contribution in [0.15, 0.2) is 12.1 Å². The van der Waals surface area contributed by atoms with Gasteiger partial charge in [0.05, 0.1) is 16.4 Å². The highest BCUT2D eigenvalue weighted by Gasteiger charge is 2.59. The Labute approximate surface area is 124 Å². The van der Waals surface area contributed by atoms with E-state index in [1.54, 1.807) is 0 Å². The average Bonchev–Trinajstić information content (AvgIpc) is 2.82. The van der Waals surface area contributed by atoms with Crippen molar-refractivity contribution in [3.8, 4) is 0 Å². The molecule has 4 heteroatoms. The van der Waals surface area contributed by atoms with Crippen molar-refractivity contribution in [2.24, 2.45) is 16.7 Å². The second-order valence-corrected chi connectivity index (χ2v) is 7.75. The zero-order valence-electron chi connectivity index (χ0n) is 12.3. The SMILES string of the molecule is CC12CCC(C1)C(C)(C)C2Nc1cc(F)c(Cl)cc1N. The van der Waals surface area contributed by atoms with Crippen LogP contribution in [0.3, 0.4) is 0 Å². The van der Waals surface area contributed by atoms with Gasteiger partial charge in [0.1, 0.15) is 5.82 Å². The number of nitrogens with one attached hydrogen (secondary N) is 1. The van der Waals surface area contributed by atoms with Crippen molar-refractivity contribution in [2.75, 3.05) is 11.1 Å². The van der Waals surface area contributed by atoms with Crippen molar-refractivity contribution in [2.45, 2.75) is 46.1 Å². The minimum Gasteiger partial charge on any atom is -0.397 e. The Morgan fingerprint density at radius 3 is 2.65 bits per heavy atom. The van der Waals surface area contributed by atoms with E-state index in [0.717, 1.165) is 5.92 Å². The summed E-state index contributed by atoms with van der Waals surface area (Å²) in [5.41, 5.74) is 7.64. The average molecular weight is 297 g/mol. The molecule has 2 bridgehead atoms. The number of anilines is 2. The van der Waals surface area contributed by atoms with Crippen LogP contribution in [0.4, 0.5) is 15.8 Å². The molecule has 2 nitrogen and oxygen atoms in total. The maximum atomic E-state index is 13.7. The van der Waals surface area contributed by atoms with Gasteiger partial charge in [-0.3, -0.25) is 0 Å². The smallest absolute Gasteiger partial charge is 0.143 e. The Morgan fingerprint density at radius 1 is 1.35 bits per heavy atom. The van der Waals surface area contributed by atoms with Crippen molar-refractivity contribution in [3.63, 3.8) is 0 Å². The Bertz CT molecular complexity index is 553. The van der Waals surface area contributed by atoms with Gasteiger partial charge in [-0.25, -0.2) is 4.39 Å². The summed E-state index contributed by atoms with van der Waals surface area (Å²) in [5.74, 6) is 0.317. The largest absolute Gasteiger partial charge is 0.397 e. The lowest BCUT2D eigenvalue weighted by molar-refractivity contribution is 0.155. The van der Waals surface area contributed by atoms with E-state index in [9.17, 15) is 4.39 Å². The highest BCUT2D eigenvalue weighted by molar-refractivity contribution is 6.31. The summed E-state index contributed by atoms with van der Waals surface area (Å²) in [4.78, 5) is 0. The summed E-state index contributed by atoms with van der Waals surface area (Å²) >= 11 is 5.77. The molecule has 0 saturated heterocycles. The standard InChI is InChI=1S/C16H22ClFN2/c1-15(2)9-4-5-16(3,8-9)14(15)20-13-7-11(18)10(17)6-12(13)19/h6-7,9,14,20H,4-5,8,19H2,1-3H3. The maximum absolute atomic E-state index is 13.7. The highest BCUT2D eigenvalue weighted by Crippen LogP contribution is 2.63. The third-order valence-electron chi connectivity index (χ3n) is 5.66. The van der Waals surface area contributed by atoms with Gasteiger partial charge >= 0.3 is 0 Å². The van der Waals surface area contributed by atoms with Gasteiger partial charge in [0, 0.05) is 12.1 Å². The minimum absolute atomic E-state index is 0.0754. The molecule has 3 rings (SSSR count). The van der Waals surface area contributed by atoms with Gasteiger partial charge < -0.3 is 11.1 Å².